The summed E-state index contributed by atoms with van der Waals surface area (Å²) in [5.41, 5.74) is 0.849. The molecule has 0 spiro atoms. The maximum absolute atomic E-state index is 10.7. The third-order valence-corrected chi connectivity index (χ3v) is 4.66. The topological polar surface area (TPSA) is 82.9 Å². The van der Waals surface area contributed by atoms with Gasteiger partial charge in [-0.25, -0.2) is 15.0 Å². The molecule has 2 atom stereocenters. The lowest BCUT2D eigenvalue weighted by atomic mass is 9.92. The van der Waals surface area contributed by atoms with Crippen molar-refractivity contribution in [2.24, 2.45) is 13.0 Å². The number of nitrogens with one attached hydrogen (secondary N) is 1. The Labute approximate surface area is 134 Å². The Morgan fingerprint density at radius 2 is 2.26 bits per heavy atom. The molecular formula is C16H20N6O. The van der Waals surface area contributed by atoms with Crippen molar-refractivity contribution in [2.45, 2.75) is 18.9 Å². The van der Waals surface area contributed by atoms with Crippen LogP contribution in [0.3, 0.4) is 0 Å². The molecule has 4 heterocycles. The fourth-order valence-corrected chi connectivity index (χ4v) is 3.44. The van der Waals surface area contributed by atoms with E-state index in [0.717, 1.165) is 48.6 Å². The first-order valence-electron chi connectivity index (χ1n) is 7.92. The monoisotopic (exact) mass is 312 g/mol. The van der Waals surface area contributed by atoms with Crippen LogP contribution in [0.2, 0.25) is 0 Å². The van der Waals surface area contributed by atoms with Gasteiger partial charge in [0.1, 0.15) is 29.7 Å². The second kappa shape index (κ2) is 5.66. The molecule has 0 aliphatic carbocycles. The summed E-state index contributed by atoms with van der Waals surface area (Å²) in [4.78, 5) is 18.4. The average Bonchev–Trinajstić information content (AvgIpc) is 3.22. The lowest BCUT2D eigenvalue weighted by Gasteiger charge is -2.35. The summed E-state index contributed by atoms with van der Waals surface area (Å²) in [6.45, 7) is 1.71. The van der Waals surface area contributed by atoms with Crippen molar-refractivity contribution in [1.82, 2.24) is 24.5 Å². The van der Waals surface area contributed by atoms with Crippen molar-refractivity contribution < 1.29 is 5.11 Å². The zero-order chi connectivity index (χ0) is 15.8. The molecule has 2 N–H and O–H groups in total. The number of nitrogens with zero attached hydrogens (tertiary/aromatic N) is 5. The first-order valence-corrected chi connectivity index (χ1v) is 7.92. The minimum Gasteiger partial charge on any atom is -0.385 e. The zero-order valence-corrected chi connectivity index (χ0v) is 13.1. The number of imidazole rings is 1. The highest BCUT2D eigenvalue weighted by atomic mass is 16.3. The van der Waals surface area contributed by atoms with E-state index in [2.05, 4.69) is 24.8 Å². The van der Waals surface area contributed by atoms with Crippen LogP contribution in [-0.2, 0) is 7.05 Å². The molecule has 4 rings (SSSR count). The fourth-order valence-electron chi connectivity index (χ4n) is 3.44. The molecular weight excluding hydrogens is 292 g/mol. The van der Waals surface area contributed by atoms with E-state index in [1.54, 1.807) is 12.5 Å². The molecule has 120 valence electrons. The highest BCUT2D eigenvalue weighted by molar-refractivity contribution is 5.87. The van der Waals surface area contributed by atoms with Crippen molar-refractivity contribution in [3.8, 4) is 0 Å². The molecule has 7 heteroatoms. The van der Waals surface area contributed by atoms with Gasteiger partial charge in [0, 0.05) is 44.6 Å². The van der Waals surface area contributed by atoms with Crippen LogP contribution in [0, 0.1) is 5.92 Å². The Morgan fingerprint density at radius 3 is 3.09 bits per heavy atom. The van der Waals surface area contributed by atoms with Gasteiger partial charge in [0.25, 0.3) is 0 Å². The summed E-state index contributed by atoms with van der Waals surface area (Å²) >= 11 is 0. The van der Waals surface area contributed by atoms with Crippen LogP contribution in [0.5, 0.6) is 0 Å². The Morgan fingerprint density at radius 1 is 1.35 bits per heavy atom. The Kier molecular flexibility index (Phi) is 3.49. The molecule has 2 unspecified atom stereocenters. The number of aromatic nitrogens is 5. The standard InChI is InChI=1S/C16H20N6O/c1-21-8-6-18-16(21)13(23)11-3-2-7-22(9-11)15-12-4-5-17-14(12)19-10-20-15/h4-6,8,10-11,13,23H,2-3,7,9H2,1H3,(H,17,19,20). The Bertz CT molecular complexity index is 810. The summed E-state index contributed by atoms with van der Waals surface area (Å²) in [6.07, 6.45) is 8.54. The van der Waals surface area contributed by atoms with Gasteiger partial charge in [0.15, 0.2) is 0 Å². The quantitative estimate of drug-likeness (QED) is 0.768. The van der Waals surface area contributed by atoms with Gasteiger partial charge >= 0.3 is 0 Å². The first-order chi connectivity index (χ1) is 11.2. The summed E-state index contributed by atoms with van der Waals surface area (Å²) in [5.74, 6) is 1.81. The number of H-pyrrole nitrogens is 1. The lowest BCUT2D eigenvalue weighted by molar-refractivity contribution is 0.0874. The first kappa shape index (κ1) is 14.2. The Hall–Kier alpha value is -2.41. The maximum Gasteiger partial charge on any atom is 0.142 e. The number of piperidine rings is 1. The van der Waals surface area contributed by atoms with Gasteiger partial charge in [-0.3, -0.25) is 0 Å². The number of hydrogen-bond donors (Lipinski definition) is 2. The highest BCUT2D eigenvalue weighted by Crippen LogP contribution is 2.32. The molecule has 0 aromatic carbocycles. The number of aliphatic hydroxyl groups excluding tert-OH is 1. The van der Waals surface area contributed by atoms with Crippen LogP contribution in [0.15, 0.2) is 31.0 Å². The number of anilines is 1. The van der Waals surface area contributed by atoms with Crippen molar-refractivity contribution in [3.05, 3.63) is 36.8 Å². The number of rotatable bonds is 3. The van der Waals surface area contributed by atoms with Crippen molar-refractivity contribution in [1.29, 1.82) is 0 Å². The van der Waals surface area contributed by atoms with Crippen LogP contribution in [0.4, 0.5) is 5.82 Å². The molecule has 0 amide bonds. The summed E-state index contributed by atoms with van der Waals surface area (Å²) in [6, 6.07) is 2.00. The largest absolute Gasteiger partial charge is 0.385 e. The summed E-state index contributed by atoms with van der Waals surface area (Å²) in [5, 5.41) is 11.7. The van der Waals surface area contributed by atoms with Gasteiger partial charge in [0.2, 0.25) is 0 Å². The molecule has 0 saturated carbocycles. The fraction of sp³-hybridized carbons (Fsp3) is 0.438. The molecule has 0 radical (unpaired) electrons. The second-order valence-electron chi connectivity index (χ2n) is 6.13. The predicted molar refractivity (Wildman–Crippen MR) is 87.0 cm³/mol. The van der Waals surface area contributed by atoms with Crippen molar-refractivity contribution in [2.75, 3.05) is 18.0 Å². The lowest BCUT2D eigenvalue weighted by Crippen LogP contribution is -2.39. The molecule has 23 heavy (non-hydrogen) atoms. The van der Waals surface area contributed by atoms with Crippen LogP contribution < -0.4 is 4.90 Å². The molecule has 1 aliphatic heterocycles. The number of fused-ring (bicyclic) bond motifs is 1. The van der Waals surface area contributed by atoms with Gasteiger partial charge in [-0.1, -0.05) is 0 Å². The number of aliphatic hydroxyl groups is 1. The van der Waals surface area contributed by atoms with E-state index in [1.165, 1.54) is 0 Å². The van der Waals surface area contributed by atoms with E-state index >= 15 is 0 Å². The minimum atomic E-state index is -0.554. The average molecular weight is 312 g/mol. The van der Waals surface area contributed by atoms with E-state index < -0.39 is 6.10 Å². The molecule has 3 aromatic heterocycles. The zero-order valence-electron chi connectivity index (χ0n) is 13.1. The maximum atomic E-state index is 10.7. The van der Waals surface area contributed by atoms with E-state index in [0.29, 0.717) is 0 Å². The molecule has 1 saturated heterocycles. The third kappa shape index (κ3) is 2.46. The summed E-state index contributed by atoms with van der Waals surface area (Å²) in [7, 11) is 1.92. The van der Waals surface area contributed by atoms with Crippen molar-refractivity contribution in [3.63, 3.8) is 0 Å². The van der Waals surface area contributed by atoms with Gasteiger partial charge in [0.05, 0.1) is 5.39 Å². The van der Waals surface area contributed by atoms with Crippen LogP contribution in [0.25, 0.3) is 11.0 Å². The second-order valence-corrected chi connectivity index (χ2v) is 6.13. The molecule has 3 aromatic rings. The molecule has 7 nitrogen and oxygen atoms in total. The Balaban J connectivity index is 1.60. The number of hydrogen-bond acceptors (Lipinski definition) is 5. The highest BCUT2D eigenvalue weighted by Gasteiger charge is 2.30. The van der Waals surface area contributed by atoms with Gasteiger partial charge in [-0.05, 0) is 18.9 Å². The van der Waals surface area contributed by atoms with Crippen LogP contribution >= 0.6 is 0 Å². The minimum absolute atomic E-state index is 0.147. The van der Waals surface area contributed by atoms with Crippen LogP contribution in [-0.4, -0.2) is 42.7 Å². The van der Waals surface area contributed by atoms with Crippen LogP contribution in [0.1, 0.15) is 24.8 Å². The van der Waals surface area contributed by atoms with Gasteiger partial charge in [-0.15, -0.1) is 0 Å². The van der Waals surface area contributed by atoms with E-state index in [-0.39, 0.29) is 5.92 Å². The van der Waals surface area contributed by atoms with E-state index in [9.17, 15) is 5.11 Å². The van der Waals surface area contributed by atoms with E-state index in [4.69, 9.17) is 0 Å². The van der Waals surface area contributed by atoms with Gasteiger partial charge < -0.3 is 19.6 Å². The molecule has 1 aliphatic rings. The predicted octanol–water partition coefficient (Wildman–Crippen LogP) is 1.64. The molecule has 0 bridgehead atoms. The number of aryl methyl sites for hydroxylation is 1. The van der Waals surface area contributed by atoms with E-state index in [1.807, 2.05) is 30.1 Å². The van der Waals surface area contributed by atoms with Crippen molar-refractivity contribution >= 4 is 16.9 Å². The third-order valence-electron chi connectivity index (χ3n) is 4.66. The number of aromatic amines is 1. The summed E-state index contributed by atoms with van der Waals surface area (Å²) < 4.78 is 1.89. The normalized spacial score (nSPS) is 20.1. The smallest absolute Gasteiger partial charge is 0.142 e. The van der Waals surface area contributed by atoms with Gasteiger partial charge in [-0.2, -0.15) is 0 Å². The molecule has 1 fully saturated rings. The SMILES string of the molecule is Cn1ccnc1C(O)C1CCCN(c2ncnc3[nH]ccc23)C1.